The lowest BCUT2D eigenvalue weighted by Gasteiger charge is -2.33. The first-order valence-electron chi connectivity index (χ1n) is 10.6. The van der Waals surface area contributed by atoms with Gasteiger partial charge in [-0.1, -0.05) is 34.5 Å². The van der Waals surface area contributed by atoms with Crippen LogP contribution in [0.5, 0.6) is 5.75 Å². The van der Waals surface area contributed by atoms with Gasteiger partial charge >= 0.3 is 6.18 Å². The number of aromatic nitrogens is 1. The van der Waals surface area contributed by atoms with Crippen LogP contribution < -0.4 is 14.8 Å². The van der Waals surface area contributed by atoms with Crippen molar-refractivity contribution < 1.29 is 36.2 Å². The number of nitrogens with zero attached hydrogens (tertiary/aromatic N) is 2. The molecule has 9 nitrogen and oxygen atoms in total. The van der Waals surface area contributed by atoms with E-state index in [-0.39, 0.29) is 30.5 Å². The van der Waals surface area contributed by atoms with Crippen LogP contribution in [0.2, 0.25) is 10.0 Å². The highest BCUT2D eigenvalue weighted by Gasteiger charge is 2.40. The fourth-order valence-corrected chi connectivity index (χ4v) is 5.50. The fraction of sp³-hybridized carbons (Fsp3) is 0.500. The number of likely N-dealkylation sites (tertiary alicyclic amines) is 1. The lowest BCUT2D eigenvalue weighted by Crippen LogP contribution is -2.45. The summed E-state index contributed by atoms with van der Waals surface area (Å²) in [5, 5.41) is 12.8. The van der Waals surface area contributed by atoms with Gasteiger partial charge in [0.15, 0.2) is 10.8 Å². The number of thiazole rings is 1. The summed E-state index contributed by atoms with van der Waals surface area (Å²) in [7, 11) is -3.89. The molecular weight excluding hydrogens is 568 g/mol. The Balaban J connectivity index is 1.49. The Morgan fingerprint density at radius 2 is 1.97 bits per heavy atom. The molecule has 1 aliphatic heterocycles. The van der Waals surface area contributed by atoms with Gasteiger partial charge in [0.1, 0.15) is 16.7 Å². The van der Waals surface area contributed by atoms with Gasteiger partial charge in [0.25, 0.3) is 5.91 Å². The van der Waals surface area contributed by atoms with E-state index in [0.29, 0.717) is 41.7 Å². The number of hydrogen-bond donors (Lipinski definition) is 3. The van der Waals surface area contributed by atoms with Gasteiger partial charge in [0, 0.05) is 32.2 Å². The van der Waals surface area contributed by atoms with E-state index in [1.54, 1.807) is 18.2 Å². The molecule has 1 aliphatic rings. The van der Waals surface area contributed by atoms with E-state index in [0.717, 1.165) is 6.26 Å². The summed E-state index contributed by atoms with van der Waals surface area (Å²) in [4.78, 5) is 16.7. The molecule has 1 unspecified atom stereocenters. The molecule has 1 fully saturated rings. The normalized spacial score (nSPS) is 16.5. The standard InChI is InChI=1S/C20H23Cl2F3N4O5S2/c1-36(32,33)28-19-27-17(20(23,24)25)16(35-19)18(31)26-9-11(30)10-29-6-4-12(5-7-29)34-13-2-3-14(21)15(22)8-13/h2-3,8,11-12,30H,4-7,9-10H2,1H3,(H,26,31)(H,27,28). The second-order valence-electron chi connectivity index (χ2n) is 8.13. The second-order valence-corrected chi connectivity index (χ2v) is 11.7. The summed E-state index contributed by atoms with van der Waals surface area (Å²) >= 11 is 12.2. The van der Waals surface area contributed by atoms with Gasteiger partial charge in [-0.25, -0.2) is 13.4 Å². The summed E-state index contributed by atoms with van der Waals surface area (Å²) < 4.78 is 70.2. The maximum Gasteiger partial charge on any atom is 0.435 e. The van der Waals surface area contributed by atoms with Gasteiger partial charge in [-0.15, -0.1) is 0 Å². The molecule has 1 amide bonds. The summed E-state index contributed by atoms with van der Waals surface area (Å²) in [5.41, 5.74) is -1.50. The van der Waals surface area contributed by atoms with Gasteiger partial charge < -0.3 is 20.1 Å². The number of nitrogens with one attached hydrogen (secondary N) is 2. The fourth-order valence-electron chi connectivity index (χ4n) is 3.47. The third-order valence-electron chi connectivity index (χ3n) is 5.07. The van der Waals surface area contributed by atoms with Crippen molar-refractivity contribution in [2.75, 3.05) is 37.2 Å². The molecule has 1 aromatic heterocycles. The monoisotopic (exact) mass is 590 g/mol. The van der Waals surface area contributed by atoms with Gasteiger partial charge in [0.05, 0.1) is 22.4 Å². The molecule has 36 heavy (non-hydrogen) atoms. The minimum absolute atomic E-state index is 0.0582. The van der Waals surface area contributed by atoms with E-state index in [1.807, 2.05) is 9.62 Å². The van der Waals surface area contributed by atoms with Crippen LogP contribution in [-0.4, -0.2) is 74.0 Å². The van der Waals surface area contributed by atoms with Gasteiger partial charge in [0.2, 0.25) is 10.0 Å². The maximum absolute atomic E-state index is 13.3. The second kappa shape index (κ2) is 11.7. The van der Waals surface area contributed by atoms with Gasteiger partial charge in [-0.2, -0.15) is 13.2 Å². The number of aliphatic hydroxyl groups is 1. The largest absolute Gasteiger partial charge is 0.490 e. The Morgan fingerprint density at radius 3 is 2.56 bits per heavy atom. The number of carbonyl (C=O) groups is 1. The minimum atomic E-state index is -4.97. The van der Waals surface area contributed by atoms with Crippen molar-refractivity contribution in [2.45, 2.75) is 31.2 Å². The zero-order valence-corrected chi connectivity index (χ0v) is 22.0. The number of halogens is 5. The molecule has 0 aliphatic carbocycles. The van der Waals surface area contributed by atoms with Crippen molar-refractivity contribution in [3.63, 3.8) is 0 Å². The number of sulfonamides is 1. The number of piperidine rings is 1. The first-order valence-corrected chi connectivity index (χ1v) is 14.0. The van der Waals surface area contributed by atoms with Crippen molar-refractivity contribution in [1.82, 2.24) is 15.2 Å². The molecule has 1 saturated heterocycles. The van der Waals surface area contributed by atoms with Crippen molar-refractivity contribution in [3.8, 4) is 5.75 Å². The number of carbonyl (C=O) groups excluding carboxylic acids is 1. The van der Waals surface area contributed by atoms with E-state index >= 15 is 0 Å². The molecule has 0 spiro atoms. The molecule has 1 aromatic carbocycles. The zero-order valence-electron chi connectivity index (χ0n) is 18.8. The highest BCUT2D eigenvalue weighted by molar-refractivity contribution is 7.92. The van der Waals surface area contributed by atoms with Crippen LogP contribution in [0.4, 0.5) is 18.3 Å². The summed E-state index contributed by atoms with van der Waals surface area (Å²) in [6.07, 6.45) is -3.98. The molecule has 2 heterocycles. The predicted octanol–water partition coefficient (Wildman–Crippen LogP) is 3.47. The highest BCUT2D eigenvalue weighted by atomic mass is 35.5. The van der Waals surface area contributed by atoms with Crippen molar-refractivity contribution in [3.05, 3.63) is 38.8 Å². The average Bonchev–Trinajstić information content (AvgIpc) is 3.19. The number of amides is 1. The Labute approximate surface area is 219 Å². The molecule has 16 heteroatoms. The number of β-amino-alcohol motifs (C(OH)–C–C–N with tert-alkyl or cyclic N) is 1. The molecule has 2 aromatic rings. The van der Waals surface area contributed by atoms with E-state index in [2.05, 4.69) is 10.3 Å². The minimum Gasteiger partial charge on any atom is -0.490 e. The van der Waals surface area contributed by atoms with Gasteiger partial charge in [-0.05, 0) is 25.0 Å². The van der Waals surface area contributed by atoms with E-state index in [1.165, 1.54) is 0 Å². The van der Waals surface area contributed by atoms with Crippen molar-refractivity contribution >= 4 is 55.6 Å². The van der Waals surface area contributed by atoms with Crippen LogP contribution in [0.1, 0.15) is 28.2 Å². The summed E-state index contributed by atoms with van der Waals surface area (Å²) in [6, 6.07) is 5.00. The third kappa shape index (κ3) is 8.35. The average molecular weight is 591 g/mol. The molecule has 3 rings (SSSR count). The first kappa shape index (κ1) is 28.7. The molecule has 0 bridgehead atoms. The Morgan fingerprint density at radius 1 is 1.31 bits per heavy atom. The van der Waals surface area contributed by atoms with Gasteiger partial charge in [-0.3, -0.25) is 9.52 Å². The number of aliphatic hydroxyl groups excluding tert-OH is 1. The first-order chi connectivity index (χ1) is 16.7. The van der Waals surface area contributed by atoms with E-state index in [4.69, 9.17) is 27.9 Å². The number of alkyl halides is 3. The SMILES string of the molecule is CS(=O)(=O)Nc1nc(C(F)(F)F)c(C(=O)NCC(O)CN2CCC(Oc3ccc(Cl)c(Cl)c3)CC2)s1. The van der Waals surface area contributed by atoms with E-state index < -0.39 is 43.9 Å². The lowest BCUT2D eigenvalue weighted by molar-refractivity contribution is -0.141. The van der Waals surface area contributed by atoms with Crippen molar-refractivity contribution in [1.29, 1.82) is 0 Å². The zero-order chi connectivity index (χ0) is 26.7. The molecule has 0 saturated carbocycles. The molecule has 0 radical (unpaired) electrons. The summed E-state index contributed by atoms with van der Waals surface area (Å²) in [5.74, 6) is -0.518. The van der Waals surface area contributed by atoms with Crippen LogP contribution in [0.15, 0.2) is 18.2 Å². The van der Waals surface area contributed by atoms with Crippen LogP contribution in [-0.2, 0) is 16.2 Å². The number of rotatable bonds is 9. The molecule has 200 valence electrons. The van der Waals surface area contributed by atoms with Crippen LogP contribution in [0.3, 0.4) is 0 Å². The molecule has 3 N–H and O–H groups in total. The lowest BCUT2D eigenvalue weighted by atomic mass is 10.1. The molecule has 1 atom stereocenters. The quantitative estimate of drug-likeness (QED) is 0.409. The Hall–Kier alpha value is -1.84. The number of ether oxygens (including phenoxy) is 1. The smallest absolute Gasteiger partial charge is 0.435 e. The third-order valence-corrected chi connectivity index (χ3v) is 7.47. The summed E-state index contributed by atoms with van der Waals surface area (Å²) in [6.45, 7) is 1.09. The predicted molar refractivity (Wildman–Crippen MR) is 130 cm³/mol. The number of benzene rings is 1. The highest BCUT2D eigenvalue weighted by Crippen LogP contribution is 2.36. The van der Waals surface area contributed by atoms with Crippen LogP contribution >= 0.6 is 34.5 Å². The Bertz CT molecular complexity index is 1190. The maximum atomic E-state index is 13.3. The number of hydrogen-bond acceptors (Lipinski definition) is 8. The van der Waals surface area contributed by atoms with Crippen LogP contribution in [0.25, 0.3) is 0 Å². The number of anilines is 1. The van der Waals surface area contributed by atoms with E-state index in [9.17, 15) is 31.5 Å². The Kier molecular flexibility index (Phi) is 9.33. The van der Waals surface area contributed by atoms with Crippen molar-refractivity contribution in [2.24, 2.45) is 0 Å². The van der Waals surface area contributed by atoms with Crippen LogP contribution in [0, 0.1) is 0 Å². The topological polar surface area (TPSA) is 121 Å². The molecular formula is C20H23Cl2F3N4O5S2.